The van der Waals surface area contributed by atoms with Crippen LogP contribution in [0, 0.1) is 13.8 Å². The second-order valence-corrected chi connectivity index (χ2v) is 18.5. The third-order valence-corrected chi connectivity index (χ3v) is 13.1. The molecule has 0 saturated heterocycles. The van der Waals surface area contributed by atoms with E-state index in [1.165, 1.54) is 86.6 Å². The van der Waals surface area contributed by atoms with Gasteiger partial charge in [0, 0.05) is 22.1 Å². The fourth-order valence-corrected chi connectivity index (χ4v) is 9.23. The van der Waals surface area contributed by atoms with E-state index < -0.39 is 65.9 Å². The number of aromatic hydroxyl groups is 2. The number of aryl methyl sites for hydroxylation is 2. The summed E-state index contributed by atoms with van der Waals surface area (Å²) in [5, 5.41) is 28.3. The van der Waals surface area contributed by atoms with Crippen LogP contribution in [0.15, 0.2) is 117 Å². The summed E-state index contributed by atoms with van der Waals surface area (Å²) in [6, 6.07) is 19.1. The van der Waals surface area contributed by atoms with Crippen LogP contribution < -0.4 is 20.1 Å². The third kappa shape index (κ3) is 8.17. The van der Waals surface area contributed by atoms with Crippen molar-refractivity contribution in [2.24, 2.45) is 0 Å². The smallest absolute Gasteiger partial charge is 0.342 e. The molecule has 2 amide bonds. The van der Waals surface area contributed by atoms with Gasteiger partial charge in [0.25, 0.3) is 40.3 Å². The molecule has 0 fully saturated rings. The van der Waals surface area contributed by atoms with Gasteiger partial charge in [0.2, 0.25) is 0 Å². The Morgan fingerprint density at radius 1 is 0.500 bits per heavy atom. The Morgan fingerprint density at radius 2 is 0.857 bits per heavy atom. The van der Waals surface area contributed by atoms with Gasteiger partial charge in [0.1, 0.15) is 11.5 Å². The van der Waals surface area contributed by atoms with E-state index in [-0.39, 0.29) is 56.1 Å². The standard InChI is InChI=1S/C35H30N4O13S4/c1-19-15-23(36-33-27-17-25(55(47,48)49)9-3-21(27)5-11-29(33)40)7-13-31(19)53(43,44)38-35(42)39-54(45,46)32-14-8-24(16-20(32)2)37-34-28-18-26(56(50,51)52)10-4-22(28)6-12-30(34)41/h3-18,36-37,40-41H,1-2H3,(H2,38,39,42)(H,47,48,49)(H,50,51,52). The monoisotopic (exact) mass is 842 g/mol. The number of nitrogens with one attached hydrogen (secondary N) is 4. The summed E-state index contributed by atoms with van der Waals surface area (Å²) in [5.41, 5.74) is 0.737. The molecule has 17 nitrogen and oxygen atoms in total. The Bertz CT molecular complexity index is 2880. The molecule has 0 atom stereocenters. The van der Waals surface area contributed by atoms with E-state index in [9.17, 15) is 57.8 Å². The Labute approximate surface area is 320 Å². The number of rotatable bonds is 10. The highest BCUT2D eigenvalue weighted by molar-refractivity contribution is 7.91. The number of fused-ring (bicyclic) bond motifs is 2. The largest absolute Gasteiger partial charge is 0.506 e. The highest BCUT2D eigenvalue weighted by Crippen LogP contribution is 2.38. The first kappa shape index (κ1) is 39.7. The van der Waals surface area contributed by atoms with E-state index in [0.717, 1.165) is 24.3 Å². The van der Waals surface area contributed by atoms with Crippen molar-refractivity contribution in [1.29, 1.82) is 0 Å². The summed E-state index contributed by atoms with van der Waals surface area (Å²) in [7, 11) is -18.5. The van der Waals surface area contributed by atoms with Gasteiger partial charge in [-0.2, -0.15) is 16.8 Å². The maximum absolute atomic E-state index is 13.2. The van der Waals surface area contributed by atoms with Gasteiger partial charge < -0.3 is 20.8 Å². The van der Waals surface area contributed by atoms with Crippen LogP contribution in [0.4, 0.5) is 27.5 Å². The molecule has 0 unspecified atom stereocenters. The topological polar surface area (TPSA) is 283 Å². The minimum absolute atomic E-state index is 0.0470. The molecule has 0 aliphatic carbocycles. The maximum Gasteiger partial charge on any atom is 0.342 e. The SMILES string of the molecule is Cc1cc(Nc2c(O)ccc3ccc(S(=O)(=O)O)cc23)ccc1S(=O)(=O)NC(=O)NS(=O)(=O)c1ccc(Nc2c(O)ccc3ccc(S(=O)(=O)O)cc23)cc1C. The Kier molecular flexibility index (Phi) is 10.1. The molecule has 8 N–H and O–H groups in total. The van der Waals surface area contributed by atoms with E-state index >= 15 is 0 Å². The van der Waals surface area contributed by atoms with Gasteiger partial charge in [-0.05, 0) is 109 Å². The lowest BCUT2D eigenvalue weighted by Gasteiger charge is -2.16. The molecule has 6 aromatic rings. The molecule has 0 heterocycles. The number of benzene rings is 6. The average molecular weight is 843 g/mol. The van der Waals surface area contributed by atoms with Crippen molar-refractivity contribution in [3.05, 3.63) is 108 Å². The van der Waals surface area contributed by atoms with Gasteiger partial charge in [-0.25, -0.2) is 31.1 Å². The third-order valence-electron chi connectivity index (χ3n) is 8.46. The van der Waals surface area contributed by atoms with Crippen molar-refractivity contribution in [2.75, 3.05) is 10.6 Å². The first-order chi connectivity index (χ1) is 26.0. The molecule has 6 rings (SSSR count). The Hall–Kier alpha value is -5.97. The van der Waals surface area contributed by atoms with E-state index in [1.54, 1.807) is 9.44 Å². The number of sulfonamides is 2. The molecule has 21 heteroatoms. The van der Waals surface area contributed by atoms with Crippen molar-refractivity contribution >= 4 is 90.6 Å². The first-order valence-electron chi connectivity index (χ1n) is 15.8. The lowest BCUT2D eigenvalue weighted by molar-refractivity contribution is 0.250. The van der Waals surface area contributed by atoms with Crippen LogP contribution in [-0.2, 0) is 40.3 Å². The van der Waals surface area contributed by atoms with Gasteiger partial charge in [0.15, 0.2) is 0 Å². The zero-order chi connectivity index (χ0) is 41.0. The number of anilines is 4. The molecular formula is C35H30N4O13S4. The second kappa shape index (κ2) is 14.3. The summed E-state index contributed by atoms with van der Waals surface area (Å²) in [6.07, 6.45) is 0. The zero-order valence-corrected chi connectivity index (χ0v) is 32.1. The fourth-order valence-electron chi connectivity index (χ4n) is 5.88. The molecule has 0 radical (unpaired) electrons. The van der Waals surface area contributed by atoms with Gasteiger partial charge in [-0.3, -0.25) is 9.11 Å². The molecule has 0 spiro atoms. The molecule has 56 heavy (non-hydrogen) atoms. The van der Waals surface area contributed by atoms with Gasteiger partial charge >= 0.3 is 6.03 Å². The van der Waals surface area contributed by atoms with Gasteiger partial charge in [-0.1, -0.05) is 24.3 Å². The molecule has 0 saturated carbocycles. The normalized spacial score (nSPS) is 12.4. The summed E-state index contributed by atoms with van der Waals surface area (Å²) < 4.78 is 122. The van der Waals surface area contributed by atoms with Crippen LogP contribution in [0.25, 0.3) is 21.5 Å². The summed E-state index contributed by atoms with van der Waals surface area (Å²) in [4.78, 5) is 11.1. The van der Waals surface area contributed by atoms with Crippen LogP contribution >= 0.6 is 0 Å². The Morgan fingerprint density at radius 3 is 1.20 bits per heavy atom. The zero-order valence-electron chi connectivity index (χ0n) is 28.8. The van der Waals surface area contributed by atoms with E-state index in [2.05, 4.69) is 10.6 Å². The molecule has 0 bridgehead atoms. The minimum Gasteiger partial charge on any atom is -0.506 e. The number of phenolic OH excluding ortho intramolecular Hbond substituents is 2. The molecule has 6 aromatic carbocycles. The lowest BCUT2D eigenvalue weighted by Crippen LogP contribution is -2.42. The summed E-state index contributed by atoms with van der Waals surface area (Å²) >= 11 is 0. The number of amides is 2. The number of phenols is 2. The predicted octanol–water partition coefficient (Wildman–Crippen LogP) is 5.38. The fraction of sp³-hybridized carbons (Fsp3) is 0.0571. The van der Waals surface area contributed by atoms with Crippen LogP contribution in [0.1, 0.15) is 11.1 Å². The second-order valence-electron chi connectivity index (χ2n) is 12.4. The molecule has 0 aliphatic rings. The average Bonchev–Trinajstić information content (AvgIpc) is 3.08. The number of urea groups is 1. The van der Waals surface area contributed by atoms with Gasteiger partial charge in [0.05, 0.1) is 31.0 Å². The summed E-state index contributed by atoms with van der Waals surface area (Å²) in [5.74, 6) is -0.581. The summed E-state index contributed by atoms with van der Waals surface area (Å²) in [6.45, 7) is 2.77. The Balaban J connectivity index is 1.18. The van der Waals surface area contributed by atoms with Crippen LogP contribution in [0.2, 0.25) is 0 Å². The highest BCUT2D eigenvalue weighted by Gasteiger charge is 2.26. The van der Waals surface area contributed by atoms with E-state index in [0.29, 0.717) is 10.8 Å². The lowest BCUT2D eigenvalue weighted by atomic mass is 10.1. The van der Waals surface area contributed by atoms with Gasteiger partial charge in [-0.15, -0.1) is 0 Å². The number of hydrogen-bond acceptors (Lipinski definition) is 13. The van der Waals surface area contributed by atoms with E-state index in [1.807, 2.05) is 0 Å². The van der Waals surface area contributed by atoms with E-state index in [4.69, 9.17) is 0 Å². The van der Waals surface area contributed by atoms with Crippen LogP contribution in [0.5, 0.6) is 11.5 Å². The highest BCUT2D eigenvalue weighted by atomic mass is 32.2. The quantitative estimate of drug-likeness (QED) is 0.0635. The maximum atomic E-state index is 13.2. The molecule has 292 valence electrons. The van der Waals surface area contributed by atoms with Crippen LogP contribution in [0.3, 0.4) is 0 Å². The van der Waals surface area contributed by atoms with Crippen LogP contribution in [-0.4, -0.2) is 59.0 Å². The number of hydrogen-bond donors (Lipinski definition) is 8. The first-order valence-corrected chi connectivity index (χ1v) is 21.7. The van der Waals surface area contributed by atoms with Crippen molar-refractivity contribution in [1.82, 2.24) is 9.44 Å². The number of carbonyl (C=O) groups excluding carboxylic acids is 1. The minimum atomic E-state index is -4.67. The number of carbonyl (C=O) groups is 1. The molecule has 0 aromatic heterocycles. The van der Waals surface area contributed by atoms with Crippen molar-refractivity contribution in [3.63, 3.8) is 0 Å². The molecule has 0 aliphatic heterocycles. The van der Waals surface area contributed by atoms with Crippen molar-refractivity contribution < 1.29 is 57.8 Å². The van der Waals surface area contributed by atoms with Crippen molar-refractivity contribution in [3.8, 4) is 11.5 Å². The molecular weight excluding hydrogens is 813 g/mol. The predicted molar refractivity (Wildman–Crippen MR) is 206 cm³/mol. The van der Waals surface area contributed by atoms with Crippen molar-refractivity contribution in [2.45, 2.75) is 33.4 Å².